The number of rotatable bonds is 4. The normalized spacial score (nSPS) is 11.6. The zero-order chi connectivity index (χ0) is 13.5. The van der Waals surface area contributed by atoms with Crippen molar-refractivity contribution >= 4 is 17.2 Å². The minimum atomic E-state index is -0.175. The van der Waals surface area contributed by atoms with Gasteiger partial charge in [0.15, 0.2) is 0 Å². The summed E-state index contributed by atoms with van der Waals surface area (Å²) in [6.07, 6.45) is 0. The van der Waals surface area contributed by atoms with Crippen LogP contribution in [0.3, 0.4) is 0 Å². The first kappa shape index (κ1) is 14.7. The monoisotopic (exact) mass is 267 g/mol. The summed E-state index contributed by atoms with van der Waals surface area (Å²) >= 11 is 1.40. The second-order valence-electron chi connectivity index (χ2n) is 3.88. The third-order valence-corrected chi connectivity index (χ3v) is 3.37. The van der Waals surface area contributed by atoms with Crippen molar-refractivity contribution < 1.29 is 14.6 Å². The van der Waals surface area contributed by atoms with Crippen molar-refractivity contribution in [3.63, 3.8) is 0 Å². The molecule has 1 aromatic heterocycles. The summed E-state index contributed by atoms with van der Waals surface area (Å²) in [6.45, 7) is 2.26. The van der Waals surface area contributed by atoms with Crippen molar-refractivity contribution in [3.05, 3.63) is 21.9 Å². The van der Waals surface area contributed by atoms with E-state index in [1.54, 1.807) is 30.5 Å². The quantitative estimate of drug-likeness (QED) is 0.834. The number of carbonyl (C=O) groups excluding carboxylic acids is 1. The fraction of sp³-hybridized carbons (Fsp3) is 0.462. The molecule has 98 valence electrons. The number of ether oxygens (including phenoxy) is 1. The van der Waals surface area contributed by atoms with Gasteiger partial charge in [0.1, 0.15) is 6.61 Å². The van der Waals surface area contributed by atoms with E-state index in [2.05, 4.69) is 11.8 Å². The van der Waals surface area contributed by atoms with Gasteiger partial charge in [0.25, 0.3) is 5.91 Å². The Morgan fingerprint density at radius 1 is 1.67 bits per heavy atom. The lowest BCUT2D eigenvalue weighted by molar-refractivity contribution is 0.0634. The average molecular weight is 267 g/mol. The molecule has 0 bridgehead atoms. The maximum Gasteiger partial charge on any atom is 0.254 e. The molecule has 0 aliphatic heterocycles. The fourth-order valence-electron chi connectivity index (χ4n) is 1.40. The van der Waals surface area contributed by atoms with Crippen molar-refractivity contribution in [3.8, 4) is 11.8 Å². The molecule has 1 N–H and O–H groups in total. The Kier molecular flexibility index (Phi) is 5.86. The molecule has 1 amide bonds. The van der Waals surface area contributed by atoms with Gasteiger partial charge in [-0.2, -0.15) is 0 Å². The third-order valence-electron chi connectivity index (χ3n) is 2.53. The molecule has 1 atom stereocenters. The predicted octanol–water partition coefficient (Wildman–Crippen LogP) is 1.20. The lowest BCUT2D eigenvalue weighted by Crippen LogP contribution is -2.37. The van der Waals surface area contributed by atoms with E-state index in [9.17, 15) is 4.79 Å². The van der Waals surface area contributed by atoms with Crippen LogP contribution in [0, 0.1) is 11.8 Å². The first-order valence-corrected chi connectivity index (χ1v) is 6.42. The number of methoxy groups -OCH3 is 1. The van der Waals surface area contributed by atoms with E-state index in [0.29, 0.717) is 12.2 Å². The lowest BCUT2D eigenvalue weighted by atomic mass is 10.2. The molecule has 0 saturated heterocycles. The minimum Gasteiger partial charge on any atom is -0.384 e. The highest BCUT2D eigenvalue weighted by atomic mass is 32.1. The van der Waals surface area contributed by atoms with E-state index in [0.717, 1.165) is 4.88 Å². The van der Waals surface area contributed by atoms with Gasteiger partial charge in [-0.3, -0.25) is 4.79 Å². The first-order valence-electron chi connectivity index (χ1n) is 5.54. The molecule has 1 aromatic rings. The molecule has 5 heteroatoms. The highest BCUT2D eigenvalue weighted by molar-refractivity contribution is 7.10. The molecule has 4 nitrogen and oxygen atoms in total. The Morgan fingerprint density at radius 3 is 3.00 bits per heavy atom. The summed E-state index contributed by atoms with van der Waals surface area (Å²) in [7, 11) is 3.37. The van der Waals surface area contributed by atoms with Gasteiger partial charge >= 0.3 is 0 Å². The van der Waals surface area contributed by atoms with Gasteiger partial charge in [0.05, 0.1) is 23.1 Å². The number of aliphatic hydroxyl groups is 1. The van der Waals surface area contributed by atoms with Crippen LogP contribution >= 0.6 is 11.3 Å². The topological polar surface area (TPSA) is 49.8 Å². The highest BCUT2D eigenvalue weighted by Crippen LogP contribution is 2.16. The number of thiophene rings is 1. The van der Waals surface area contributed by atoms with Gasteiger partial charge < -0.3 is 14.7 Å². The van der Waals surface area contributed by atoms with Crippen LogP contribution in [0.4, 0.5) is 0 Å². The maximum atomic E-state index is 12.1. The number of hydrogen-bond donors (Lipinski definition) is 1. The molecule has 0 fully saturated rings. The van der Waals surface area contributed by atoms with Gasteiger partial charge in [-0.05, 0) is 13.0 Å². The molecule has 1 heterocycles. The molecule has 0 aromatic carbocycles. The molecule has 0 aliphatic carbocycles. The lowest BCUT2D eigenvalue weighted by Gasteiger charge is -2.23. The van der Waals surface area contributed by atoms with Crippen molar-refractivity contribution in [2.24, 2.45) is 0 Å². The van der Waals surface area contributed by atoms with Crippen molar-refractivity contribution in [2.75, 3.05) is 27.4 Å². The summed E-state index contributed by atoms with van der Waals surface area (Å²) < 4.78 is 5.03. The largest absolute Gasteiger partial charge is 0.384 e. The van der Waals surface area contributed by atoms with Gasteiger partial charge in [-0.1, -0.05) is 11.8 Å². The first-order chi connectivity index (χ1) is 8.60. The Labute approximate surface area is 111 Å². The van der Waals surface area contributed by atoms with E-state index in [4.69, 9.17) is 9.84 Å². The average Bonchev–Trinajstić information content (AvgIpc) is 2.83. The number of carbonyl (C=O) groups is 1. The van der Waals surface area contributed by atoms with Gasteiger partial charge in [-0.15, -0.1) is 11.3 Å². The summed E-state index contributed by atoms with van der Waals surface area (Å²) in [4.78, 5) is 14.6. The molecule has 18 heavy (non-hydrogen) atoms. The van der Waals surface area contributed by atoms with Gasteiger partial charge in [-0.25, -0.2) is 0 Å². The Balaban J connectivity index is 2.75. The summed E-state index contributed by atoms with van der Waals surface area (Å²) in [5.74, 6) is 5.30. The van der Waals surface area contributed by atoms with E-state index < -0.39 is 0 Å². The molecule has 0 saturated carbocycles. The van der Waals surface area contributed by atoms with Crippen LogP contribution in [0.2, 0.25) is 0 Å². The molecular formula is C13H17NO3S. The predicted molar refractivity (Wildman–Crippen MR) is 71.7 cm³/mol. The molecular weight excluding hydrogens is 250 g/mol. The Bertz CT molecular complexity index is 458. The van der Waals surface area contributed by atoms with E-state index in [-0.39, 0.29) is 18.6 Å². The molecule has 1 unspecified atom stereocenters. The molecule has 1 rings (SSSR count). The molecule has 0 spiro atoms. The van der Waals surface area contributed by atoms with Gasteiger partial charge in [0.2, 0.25) is 0 Å². The Morgan fingerprint density at radius 2 is 2.39 bits per heavy atom. The van der Waals surface area contributed by atoms with E-state index in [1.807, 2.05) is 6.92 Å². The maximum absolute atomic E-state index is 12.1. The molecule has 0 aliphatic rings. The van der Waals surface area contributed by atoms with Crippen LogP contribution in [-0.4, -0.2) is 49.3 Å². The number of aliphatic hydroxyl groups excluding tert-OH is 1. The summed E-state index contributed by atoms with van der Waals surface area (Å²) in [5, 5.41) is 10.4. The second-order valence-corrected chi connectivity index (χ2v) is 4.79. The highest BCUT2D eigenvalue weighted by Gasteiger charge is 2.18. The third kappa shape index (κ3) is 3.84. The van der Waals surface area contributed by atoms with E-state index in [1.165, 1.54) is 11.3 Å². The summed E-state index contributed by atoms with van der Waals surface area (Å²) in [6, 6.07) is 1.76. The minimum absolute atomic E-state index is 0.0226. The summed E-state index contributed by atoms with van der Waals surface area (Å²) in [5.41, 5.74) is 0.618. The number of nitrogens with zero attached hydrogens (tertiary/aromatic N) is 1. The standard InChI is InChI=1S/C13H17NO3S/c1-10(8-17-3)14(2)13(16)11-7-12(18-9-11)5-4-6-15/h7,9-10,15H,6,8H2,1-3H3. The van der Waals surface area contributed by atoms with Crippen molar-refractivity contribution in [1.82, 2.24) is 4.90 Å². The SMILES string of the molecule is COCC(C)N(C)C(=O)c1csc(C#CCO)c1. The smallest absolute Gasteiger partial charge is 0.254 e. The number of hydrogen-bond acceptors (Lipinski definition) is 4. The fourth-order valence-corrected chi connectivity index (χ4v) is 2.15. The van der Waals surface area contributed by atoms with Gasteiger partial charge in [0, 0.05) is 19.5 Å². The zero-order valence-electron chi connectivity index (χ0n) is 10.8. The van der Waals surface area contributed by atoms with Crippen molar-refractivity contribution in [1.29, 1.82) is 0 Å². The van der Waals surface area contributed by atoms with Crippen LogP contribution in [-0.2, 0) is 4.74 Å². The second kappa shape index (κ2) is 7.17. The number of likely N-dealkylation sites (N-methyl/N-ethyl adjacent to an activating group) is 1. The van der Waals surface area contributed by atoms with Crippen LogP contribution in [0.25, 0.3) is 0 Å². The van der Waals surface area contributed by atoms with Crippen LogP contribution in [0.5, 0.6) is 0 Å². The van der Waals surface area contributed by atoms with Crippen molar-refractivity contribution in [2.45, 2.75) is 13.0 Å². The van der Waals surface area contributed by atoms with Crippen LogP contribution < -0.4 is 0 Å². The zero-order valence-corrected chi connectivity index (χ0v) is 11.6. The Hall–Kier alpha value is -1.35. The number of amides is 1. The van der Waals surface area contributed by atoms with Crippen LogP contribution in [0.15, 0.2) is 11.4 Å². The van der Waals surface area contributed by atoms with E-state index >= 15 is 0 Å². The van der Waals surface area contributed by atoms with Crippen LogP contribution in [0.1, 0.15) is 22.2 Å². The molecule has 0 radical (unpaired) electrons.